The largest absolute Gasteiger partial charge is 0.497 e. The fourth-order valence-corrected chi connectivity index (χ4v) is 2.98. The van der Waals surface area contributed by atoms with E-state index in [-0.39, 0.29) is 0 Å². The molecule has 1 aliphatic rings. The standard InChI is InChI=1S/C14H22N4OS/c1-19-13-4-2-12(3-5-13)17-14(15)16-6-7-18-8-10-20-11-9-18/h2-5H,6-11H2,1H3,(H3,15,16,17). The summed E-state index contributed by atoms with van der Waals surface area (Å²) in [7, 11) is 1.65. The molecule has 0 saturated carbocycles. The number of hydrogen-bond acceptors (Lipinski definition) is 4. The van der Waals surface area contributed by atoms with E-state index in [9.17, 15) is 0 Å². The molecular weight excluding hydrogens is 272 g/mol. The van der Waals surface area contributed by atoms with Gasteiger partial charge in [0.25, 0.3) is 0 Å². The number of nitrogens with zero attached hydrogens (tertiary/aromatic N) is 2. The van der Waals surface area contributed by atoms with Crippen LogP contribution < -0.4 is 15.8 Å². The van der Waals surface area contributed by atoms with Gasteiger partial charge >= 0.3 is 0 Å². The first-order valence-electron chi connectivity index (χ1n) is 6.79. The Morgan fingerprint density at radius 3 is 2.70 bits per heavy atom. The smallest absolute Gasteiger partial charge is 0.193 e. The lowest BCUT2D eigenvalue weighted by Crippen LogP contribution is -2.35. The van der Waals surface area contributed by atoms with E-state index in [1.54, 1.807) is 7.11 Å². The molecule has 0 bridgehead atoms. The second kappa shape index (κ2) is 8.01. The Bertz CT molecular complexity index is 429. The van der Waals surface area contributed by atoms with Gasteiger partial charge in [-0.3, -0.25) is 9.89 Å². The van der Waals surface area contributed by atoms with Crippen LogP contribution in [0.1, 0.15) is 0 Å². The summed E-state index contributed by atoms with van der Waals surface area (Å²) in [6.45, 7) is 4.03. The molecule has 0 atom stereocenters. The van der Waals surface area contributed by atoms with Gasteiger partial charge in [-0.15, -0.1) is 0 Å². The zero-order chi connectivity index (χ0) is 14.2. The minimum absolute atomic E-state index is 0.460. The topological polar surface area (TPSA) is 62.9 Å². The fraction of sp³-hybridized carbons (Fsp3) is 0.500. The minimum Gasteiger partial charge on any atom is -0.497 e. The summed E-state index contributed by atoms with van der Waals surface area (Å²) in [6, 6.07) is 7.62. The molecule has 6 heteroatoms. The van der Waals surface area contributed by atoms with Crippen molar-refractivity contribution < 1.29 is 4.74 Å². The van der Waals surface area contributed by atoms with Crippen LogP contribution in [-0.2, 0) is 0 Å². The summed E-state index contributed by atoms with van der Waals surface area (Å²) in [5.74, 6) is 3.74. The van der Waals surface area contributed by atoms with Crippen LogP contribution in [0.3, 0.4) is 0 Å². The molecule has 1 fully saturated rings. The molecule has 1 aromatic carbocycles. The zero-order valence-electron chi connectivity index (χ0n) is 11.8. The number of hydrogen-bond donors (Lipinski definition) is 2. The number of nitrogens with one attached hydrogen (secondary N) is 1. The number of aliphatic imine (C=N–C) groups is 1. The van der Waals surface area contributed by atoms with Gasteiger partial charge in [0.2, 0.25) is 0 Å². The molecule has 5 nitrogen and oxygen atoms in total. The van der Waals surface area contributed by atoms with Crippen LogP contribution in [0.15, 0.2) is 29.3 Å². The van der Waals surface area contributed by atoms with Crippen LogP contribution in [0.4, 0.5) is 5.69 Å². The maximum absolute atomic E-state index is 5.88. The van der Waals surface area contributed by atoms with Crippen LogP contribution in [0, 0.1) is 0 Å². The molecule has 1 heterocycles. The van der Waals surface area contributed by atoms with E-state index in [0.29, 0.717) is 5.96 Å². The van der Waals surface area contributed by atoms with Crippen molar-refractivity contribution in [1.29, 1.82) is 0 Å². The van der Waals surface area contributed by atoms with E-state index in [1.807, 2.05) is 36.0 Å². The lowest BCUT2D eigenvalue weighted by atomic mass is 10.3. The Balaban J connectivity index is 1.74. The summed E-state index contributed by atoms with van der Waals surface area (Å²) >= 11 is 2.02. The zero-order valence-corrected chi connectivity index (χ0v) is 12.7. The van der Waals surface area contributed by atoms with Gasteiger partial charge in [0.05, 0.1) is 13.7 Å². The van der Waals surface area contributed by atoms with Crippen molar-refractivity contribution in [1.82, 2.24) is 4.90 Å². The average Bonchev–Trinajstić information content (AvgIpc) is 2.49. The molecule has 3 N–H and O–H groups in total. The Morgan fingerprint density at radius 1 is 1.35 bits per heavy atom. The maximum Gasteiger partial charge on any atom is 0.193 e. The molecular formula is C14H22N4OS. The Labute approximate surface area is 124 Å². The lowest BCUT2D eigenvalue weighted by molar-refractivity contribution is 0.311. The summed E-state index contributed by atoms with van der Waals surface area (Å²) in [5, 5.41) is 3.08. The average molecular weight is 294 g/mol. The van der Waals surface area contributed by atoms with E-state index in [2.05, 4.69) is 15.2 Å². The van der Waals surface area contributed by atoms with Crippen LogP contribution in [0.5, 0.6) is 5.75 Å². The predicted molar refractivity (Wildman–Crippen MR) is 86.9 cm³/mol. The number of nitrogens with two attached hydrogens (primary N) is 1. The van der Waals surface area contributed by atoms with Gasteiger partial charge in [-0.2, -0.15) is 11.8 Å². The van der Waals surface area contributed by atoms with Crippen molar-refractivity contribution in [2.24, 2.45) is 10.7 Å². The number of benzene rings is 1. The number of ether oxygens (including phenoxy) is 1. The molecule has 2 rings (SSSR count). The predicted octanol–water partition coefficient (Wildman–Crippen LogP) is 1.47. The highest BCUT2D eigenvalue weighted by Gasteiger charge is 2.08. The van der Waals surface area contributed by atoms with Crippen LogP contribution in [0.25, 0.3) is 0 Å². The highest BCUT2D eigenvalue weighted by molar-refractivity contribution is 7.99. The van der Waals surface area contributed by atoms with E-state index < -0.39 is 0 Å². The molecule has 0 unspecified atom stereocenters. The van der Waals surface area contributed by atoms with Crippen molar-refractivity contribution in [3.63, 3.8) is 0 Å². The van der Waals surface area contributed by atoms with Crippen molar-refractivity contribution >= 4 is 23.4 Å². The van der Waals surface area contributed by atoms with E-state index >= 15 is 0 Å². The minimum atomic E-state index is 0.460. The molecule has 1 aliphatic heterocycles. The van der Waals surface area contributed by atoms with Crippen molar-refractivity contribution in [3.8, 4) is 5.75 Å². The quantitative estimate of drug-likeness (QED) is 0.636. The molecule has 0 aliphatic carbocycles. The third kappa shape index (κ3) is 4.94. The molecule has 1 aromatic rings. The van der Waals surface area contributed by atoms with Crippen LogP contribution >= 0.6 is 11.8 Å². The molecule has 1 saturated heterocycles. The highest BCUT2D eigenvalue weighted by atomic mass is 32.2. The Hall–Kier alpha value is -1.40. The van der Waals surface area contributed by atoms with E-state index in [4.69, 9.17) is 10.5 Å². The summed E-state index contributed by atoms with van der Waals surface area (Å²) in [6.07, 6.45) is 0. The van der Waals surface area contributed by atoms with Crippen LogP contribution in [-0.4, -0.2) is 55.7 Å². The summed E-state index contributed by atoms with van der Waals surface area (Å²) < 4.78 is 5.11. The first kappa shape index (κ1) is 15.0. The monoisotopic (exact) mass is 294 g/mol. The molecule has 20 heavy (non-hydrogen) atoms. The van der Waals surface area contributed by atoms with Crippen molar-refractivity contribution in [3.05, 3.63) is 24.3 Å². The van der Waals surface area contributed by atoms with Gasteiger partial charge in [0, 0.05) is 36.8 Å². The lowest BCUT2D eigenvalue weighted by Gasteiger charge is -2.25. The van der Waals surface area contributed by atoms with Gasteiger partial charge in [0.1, 0.15) is 5.75 Å². The molecule has 110 valence electrons. The molecule has 0 aromatic heterocycles. The molecule has 0 radical (unpaired) electrons. The molecule has 0 spiro atoms. The summed E-state index contributed by atoms with van der Waals surface area (Å²) in [4.78, 5) is 6.79. The van der Waals surface area contributed by atoms with Gasteiger partial charge in [0.15, 0.2) is 5.96 Å². The summed E-state index contributed by atoms with van der Waals surface area (Å²) in [5.41, 5.74) is 6.79. The fourth-order valence-electron chi connectivity index (χ4n) is 2.00. The first-order valence-corrected chi connectivity index (χ1v) is 7.94. The van der Waals surface area contributed by atoms with Gasteiger partial charge in [-0.05, 0) is 24.3 Å². The Kier molecular flexibility index (Phi) is 6.01. The maximum atomic E-state index is 5.88. The normalized spacial score (nSPS) is 16.9. The second-order valence-electron chi connectivity index (χ2n) is 4.57. The first-order chi connectivity index (χ1) is 9.78. The SMILES string of the molecule is COc1ccc(NC(N)=NCCN2CCSCC2)cc1. The van der Waals surface area contributed by atoms with Gasteiger partial charge in [-0.25, -0.2) is 0 Å². The number of guanidine groups is 1. The van der Waals surface area contributed by atoms with Gasteiger partial charge in [-0.1, -0.05) is 0 Å². The number of anilines is 1. The number of methoxy groups -OCH3 is 1. The Morgan fingerprint density at radius 2 is 2.05 bits per heavy atom. The van der Waals surface area contributed by atoms with E-state index in [1.165, 1.54) is 11.5 Å². The second-order valence-corrected chi connectivity index (χ2v) is 5.80. The number of thioether (sulfide) groups is 1. The van der Waals surface area contributed by atoms with Crippen molar-refractivity contribution in [2.75, 3.05) is 50.1 Å². The molecule has 0 amide bonds. The van der Waals surface area contributed by atoms with Crippen LogP contribution in [0.2, 0.25) is 0 Å². The highest BCUT2D eigenvalue weighted by Crippen LogP contribution is 2.14. The van der Waals surface area contributed by atoms with Crippen molar-refractivity contribution in [2.45, 2.75) is 0 Å². The third-order valence-electron chi connectivity index (χ3n) is 3.16. The number of rotatable bonds is 5. The van der Waals surface area contributed by atoms with Gasteiger partial charge < -0.3 is 15.8 Å². The third-order valence-corrected chi connectivity index (χ3v) is 4.11. The van der Waals surface area contributed by atoms with E-state index in [0.717, 1.165) is 37.6 Å².